The molecule has 1 atom stereocenters. The smallest absolute Gasteiger partial charge is 0.176 e. The van der Waals surface area contributed by atoms with Crippen molar-refractivity contribution < 1.29 is 17.6 Å². The Hall–Kier alpha value is -3.13. The van der Waals surface area contributed by atoms with Crippen molar-refractivity contribution in [2.24, 2.45) is 5.92 Å². The van der Waals surface area contributed by atoms with Gasteiger partial charge in [0.2, 0.25) is 0 Å². The molecule has 0 aromatic heterocycles. The molecule has 3 aromatic carbocycles. The molecule has 0 amide bonds. The lowest BCUT2D eigenvalue weighted by molar-refractivity contribution is 0.360. The number of benzene rings is 3. The Morgan fingerprint density at radius 2 is 1.48 bits per heavy atom. The van der Waals surface area contributed by atoms with E-state index in [1.807, 2.05) is 0 Å². The normalized spacial score (nSPS) is 20.6. The summed E-state index contributed by atoms with van der Waals surface area (Å²) in [6, 6.07) is 14.9. The molecule has 40 heavy (non-hydrogen) atoms. The van der Waals surface area contributed by atoms with Crippen LogP contribution in [0.25, 0.3) is 0 Å². The summed E-state index contributed by atoms with van der Waals surface area (Å²) < 4.78 is 59.8. The first-order chi connectivity index (χ1) is 19.4. The number of fused-ring (bicyclic) bond motifs is 1. The van der Waals surface area contributed by atoms with E-state index in [4.69, 9.17) is 5.26 Å². The van der Waals surface area contributed by atoms with Crippen molar-refractivity contribution in [3.63, 3.8) is 0 Å². The summed E-state index contributed by atoms with van der Waals surface area (Å²) in [5.41, 5.74) is 4.27. The van der Waals surface area contributed by atoms with E-state index in [1.54, 1.807) is 12.1 Å². The van der Waals surface area contributed by atoms with Gasteiger partial charge in [0.15, 0.2) is 11.6 Å². The van der Waals surface area contributed by atoms with Crippen LogP contribution in [0.5, 0.6) is 0 Å². The summed E-state index contributed by atoms with van der Waals surface area (Å²) in [6.45, 7) is 2.20. The van der Waals surface area contributed by atoms with Crippen molar-refractivity contribution in [3.8, 4) is 6.07 Å². The van der Waals surface area contributed by atoms with E-state index in [0.29, 0.717) is 50.0 Å². The van der Waals surface area contributed by atoms with Crippen molar-refractivity contribution in [2.45, 2.75) is 95.8 Å². The Balaban J connectivity index is 1.21. The van der Waals surface area contributed by atoms with Gasteiger partial charge in [-0.3, -0.25) is 0 Å². The third-order valence-electron chi connectivity index (χ3n) is 9.25. The van der Waals surface area contributed by atoms with Crippen LogP contribution in [0.2, 0.25) is 0 Å². The predicted molar refractivity (Wildman–Crippen MR) is 150 cm³/mol. The average molecular weight is 548 g/mol. The van der Waals surface area contributed by atoms with Crippen LogP contribution in [0.1, 0.15) is 109 Å². The summed E-state index contributed by atoms with van der Waals surface area (Å²) in [5, 5.41) is 8.93. The molecule has 0 N–H and O–H groups in total. The maximum absolute atomic E-state index is 15.7. The molecule has 1 unspecified atom stereocenters. The zero-order chi connectivity index (χ0) is 28.2. The lowest BCUT2D eigenvalue weighted by atomic mass is 9.74. The van der Waals surface area contributed by atoms with Crippen molar-refractivity contribution in [1.82, 2.24) is 0 Å². The Labute approximate surface area is 235 Å². The molecule has 1 nitrogen and oxygen atoms in total. The molecule has 0 spiro atoms. The third kappa shape index (κ3) is 5.97. The maximum Gasteiger partial charge on any atom is 0.176 e. The molecule has 0 bridgehead atoms. The molecule has 3 aromatic rings. The van der Waals surface area contributed by atoms with Gasteiger partial charge in [0.05, 0.1) is 5.56 Å². The van der Waals surface area contributed by atoms with E-state index < -0.39 is 23.3 Å². The van der Waals surface area contributed by atoms with Crippen LogP contribution in [-0.2, 0) is 25.7 Å². The van der Waals surface area contributed by atoms with Crippen LogP contribution >= 0.6 is 0 Å². The molecule has 1 saturated carbocycles. The van der Waals surface area contributed by atoms with Gasteiger partial charge in [-0.15, -0.1) is 0 Å². The zero-order valence-corrected chi connectivity index (χ0v) is 23.2. The second-order valence-electron chi connectivity index (χ2n) is 11.8. The third-order valence-corrected chi connectivity index (χ3v) is 9.25. The number of hydrogen-bond donors (Lipinski definition) is 0. The second-order valence-corrected chi connectivity index (χ2v) is 11.8. The van der Waals surface area contributed by atoms with Crippen LogP contribution in [0.4, 0.5) is 17.6 Å². The summed E-state index contributed by atoms with van der Waals surface area (Å²) in [7, 11) is 0. The summed E-state index contributed by atoms with van der Waals surface area (Å²) in [6.07, 6.45) is 9.79. The topological polar surface area (TPSA) is 23.8 Å². The maximum atomic E-state index is 15.7. The molecular formula is C35H37F4N. The van der Waals surface area contributed by atoms with Crippen molar-refractivity contribution in [3.05, 3.63) is 105 Å². The highest BCUT2D eigenvalue weighted by atomic mass is 19.2. The van der Waals surface area contributed by atoms with Crippen LogP contribution in [-0.4, -0.2) is 0 Å². The van der Waals surface area contributed by atoms with Gasteiger partial charge in [-0.25, -0.2) is 17.6 Å². The minimum Gasteiger partial charge on any atom is -0.207 e. The number of nitrogens with zero attached hydrogens (tertiary/aromatic N) is 1. The number of halogens is 4. The quantitative estimate of drug-likeness (QED) is 0.258. The average Bonchev–Trinajstić information content (AvgIpc) is 2.97. The minimum atomic E-state index is -1.12. The molecule has 0 aliphatic heterocycles. The van der Waals surface area contributed by atoms with Gasteiger partial charge in [-0.2, -0.15) is 5.26 Å². The lowest BCUT2D eigenvalue weighted by Gasteiger charge is -2.32. The molecule has 2 aliphatic rings. The summed E-state index contributed by atoms with van der Waals surface area (Å²) >= 11 is 0. The lowest BCUT2D eigenvalue weighted by Crippen LogP contribution is -2.21. The highest BCUT2D eigenvalue weighted by Gasteiger charge is 2.32. The fourth-order valence-electron chi connectivity index (χ4n) is 6.84. The molecule has 0 heterocycles. The van der Waals surface area contributed by atoms with E-state index >= 15 is 8.78 Å². The van der Waals surface area contributed by atoms with Gasteiger partial charge in [0, 0.05) is 5.56 Å². The second kappa shape index (κ2) is 12.6. The van der Waals surface area contributed by atoms with E-state index in [1.165, 1.54) is 36.1 Å². The van der Waals surface area contributed by atoms with Crippen LogP contribution in [0.3, 0.4) is 0 Å². The van der Waals surface area contributed by atoms with Gasteiger partial charge in [0.25, 0.3) is 0 Å². The van der Waals surface area contributed by atoms with E-state index in [-0.39, 0.29) is 28.5 Å². The largest absolute Gasteiger partial charge is 0.207 e. The van der Waals surface area contributed by atoms with Crippen molar-refractivity contribution >= 4 is 0 Å². The monoisotopic (exact) mass is 547 g/mol. The highest BCUT2D eigenvalue weighted by molar-refractivity contribution is 5.40. The number of hydrogen-bond acceptors (Lipinski definition) is 1. The molecule has 5 heteroatoms. The van der Waals surface area contributed by atoms with E-state index in [0.717, 1.165) is 31.2 Å². The number of nitriles is 1. The van der Waals surface area contributed by atoms with Crippen LogP contribution in [0, 0.1) is 40.5 Å². The molecule has 2 aliphatic carbocycles. The molecular weight excluding hydrogens is 510 g/mol. The molecule has 1 fully saturated rings. The SMILES string of the molecule is CCCCc1ccc(CCC2CCc3c(cc(F)c(C4CCC(c5ccc(C#N)c(F)c5F)CC4)c3F)C2)cc1. The Bertz CT molecular complexity index is 1380. The van der Waals surface area contributed by atoms with Crippen molar-refractivity contribution in [2.75, 3.05) is 0 Å². The predicted octanol–water partition coefficient (Wildman–Crippen LogP) is 9.64. The molecule has 0 radical (unpaired) electrons. The van der Waals surface area contributed by atoms with Crippen LogP contribution in [0.15, 0.2) is 42.5 Å². The number of unbranched alkanes of at least 4 members (excludes halogenated alkanes) is 1. The van der Waals surface area contributed by atoms with Gasteiger partial charge < -0.3 is 0 Å². The van der Waals surface area contributed by atoms with Gasteiger partial charge >= 0.3 is 0 Å². The fraction of sp³-hybridized carbons (Fsp3) is 0.457. The summed E-state index contributed by atoms with van der Waals surface area (Å²) in [5.74, 6) is -3.05. The standard InChI is InChI=1S/C35H37F4N/c1-2-3-4-22-5-7-23(8-6-22)9-10-24-11-17-30-28(19-24)20-31(36)32(34(30)38)26-14-12-25(13-15-26)29-18-16-27(21-40)33(37)35(29)39/h5-8,16,18,20,24-26H,2-4,9-15,17,19H2,1H3. The van der Waals surface area contributed by atoms with Crippen LogP contribution < -0.4 is 0 Å². The van der Waals surface area contributed by atoms with Gasteiger partial charge in [-0.05, 0) is 128 Å². The molecule has 5 rings (SSSR count). The molecule has 210 valence electrons. The van der Waals surface area contributed by atoms with Crippen molar-refractivity contribution in [1.29, 1.82) is 5.26 Å². The van der Waals surface area contributed by atoms with Gasteiger partial charge in [-0.1, -0.05) is 43.7 Å². The number of rotatable bonds is 8. The highest BCUT2D eigenvalue weighted by Crippen LogP contribution is 2.44. The Kier molecular flexibility index (Phi) is 8.94. The van der Waals surface area contributed by atoms with E-state index in [9.17, 15) is 8.78 Å². The zero-order valence-electron chi connectivity index (χ0n) is 23.2. The number of aryl methyl sites for hydroxylation is 2. The Morgan fingerprint density at radius 1 is 0.800 bits per heavy atom. The van der Waals surface area contributed by atoms with E-state index in [2.05, 4.69) is 31.2 Å². The molecule has 0 saturated heterocycles. The fourth-order valence-corrected chi connectivity index (χ4v) is 6.84. The van der Waals surface area contributed by atoms with Gasteiger partial charge in [0.1, 0.15) is 17.7 Å². The first kappa shape index (κ1) is 28.4. The first-order valence-corrected chi connectivity index (χ1v) is 14.8. The Morgan fingerprint density at radius 3 is 2.15 bits per heavy atom. The summed E-state index contributed by atoms with van der Waals surface area (Å²) in [4.78, 5) is 0. The first-order valence-electron chi connectivity index (χ1n) is 14.8. The minimum absolute atomic E-state index is 0.172.